The first-order chi connectivity index (χ1) is 17.6. The van der Waals surface area contributed by atoms with Crippen molar-refractivity contribution in [1.82, 2.24) is 4.90 Å². The summed E-state index contributed by atoms with van der Waals surface area (Å²) in [6.07, 6.45) is 0. The van der Waals surface area contributed by atoms with Crippen LogP contribution in [0.5, 0.6) is 0 Å². The predicted molar refractivity (Wildman–Crippen MR) is 142 cm³/mol. The second-order valence-corrected chi connectivity index (χ2v) is 11.3. The minimum Gasteiger partial charge on any atom is -0.396 e. The molecule has 3 aromatic rings. The number of fused-ring (bicyclic) bond motifs is 1. The number of ether oxygens (including phenoxy) is 2. The van der Waals surface area contributed by atoms with Gasteiger partial charge in [0.15, 0.2) is 5.72 Å². The molecule has 0 aromatic heterocycles. The summed E-state index contributed by atoms with van der Waals surface area (Å²) in [5.74, 6) is -0.228. The highest BCUT2D eigenvalue weighted by molar-refractivity contribution is 6.30. The smallest absolute Gasteiger partial charge is 0.257 e. The van der Waals surface area contributed by atoms with E-state index in [1.807, 2.05) is 36.4 Å². The van der Waals surface area contributed by atoms with Crippen molar-refractivity contribution >= 4 is 29.1 Å². The van der Waals surface area contributed by atoms with Gasteiger partial charge in [-0.05, 0) is 55.3 Å². The maximum absolute atomic E-state index is 14.1. The minimum atomic E-state index is -1.30. The standard InChI is InChI=1S/C29H29Cl2NO5/c1-27(2,35)21-7-12-25-24(13-21)26(34)32(14-19-3-8-22(30)9-4-19)29(25,20-5-10-23(31)11-6-20)37-18-28(15-33)16-36-17-28/h3-13,33,35H,14-18H2,1-2H3/t29-/m1/s1. The molecule has 5 rings (SSSR count). The molecule has 0 radical (unpaired) electrons. The Balaban J connectivity index is 1.70. The zero-order chi connectivity index (χ0) is 26.4. The fourth-order valence-corrected chi connectivity index (χ4v) is 5.13. The summed E-state index contributed by atoms with van der Waals surface area (Å²) in [5, 5.41) is 21.9. The number of aliphatic hydroxyl groups is 2. The van der Waals surface area contributed by atoms with Gasteiger partial charge in [0.25, 0.3) is 5.91 Å². The Morgan fingerprint density at radius 1 is 1.00 bits per heavy atom. The molecule has 8 heteroatoms. The Kier molecular flexibility index (Phi) is 6.86. The topological polar surface area (TPSA) is 79.2 Å². The average Bonchev–Trinajstić information content (AvgIpc) is 3.08. The molecule has 37 heavy (non-hydrogen) atoms. The van der Waals surface area contributed by atoms with Crippen LogP contribution in [0, 0.1) is 5.41 Å². The maximum atomic E-state index is 14.1. The molecule has 0 aliphatic carbocycles. The molecule has 6 nitrogen and oxygen atoms in total. The van der Waals surface area contributed by atoms with E-state index in [-0.39, 0.29) is 25.7 Å². The van der Waals surface area contributed by atoms with E-state index in [0.29, 0.717) is 39.9 Å². The van der Waals surface area contributed by atoms with Gasteiger partial charge in [-0.3, -0.25) is 9.69 Å². The van der Waals surface area contributed by atoms with Gasteiger partial charge < -0.3 is 19.7 Å². The summed E-state index contributed by atoms with van der Waals surface area (Å²) in [4.78, 5) is 15.8. The van der Waals surface area contributed by atoms with Crippen LogP contribution in [0.3, 0.4) is 0 Å². The summed E-state index contributed by atoms with van der Waals surface area (Å²) in [5.41, 5.74) is 0.351. The Labute approximate surface area is 226 Å². The van der Waals surface area contributed by atoms with Crippen molar-refractivity contribution in [2.75, 3.05) is 26.4 Å². The SMILES string of the molecule is CC(C)(O)c1ccc2c(c1)C(=O)N(Cc1ccc(Cl)cc1)[C@@]2(OCC1(CO)COC1)c1ccc(Cl)cc1. The molecule has 1 atom stereocenters. The zero-order valence-corrected chi connectivity index (χ0v) is 22.2. The Morgan fingerprint density at radius 3 is 2.16 bits per heavy atom. The Hall–Kier alpha value is -2.45. The summed E-state index contributed by atoms with van der Waals surface area (Å²) in [6, 6.07) is 20.0. The number of hydrogen-bond donors (Lipinski definition) is 2. The molecular weight excluding hydrogens is 513 g/mol. The van der Waals surface area contributed by atoms with E-state index in [0.717, 1.165) is 11.1 Å². The van der Waals surface area contributed by atoms with Gasteiger partial charge in [-0.15, -0.1) is 0 Å². The van der Waals surface area contributed by atoms with Crippen LogP contribution in [-0.2, 0) is 27.3 Å². The van der Waals surface area contributed by atoms with E-state index in [2.05, 4.69) is 0 Å². The summed E-state index contributed by atoms with van der Waals surface area (Å²) in [6.45, 7) is 4.43. The van der Waals surface area contributed by atoms with Gasteiger partial charge in [0.2, 0.25) is 0 Å². The predicted octanol–water partition coefficient (Wildman–Crippen LogP) is 5.10. The van der Waals surface area contributed by atoms with Crippen LogP contribution in [0.2, 0.25) is 10.0 Å². The van der Waals surface area contributed by atoms with Crippen molar-refractivity contribution in [2.24, 2.45) is 5.41 Å². The van der Waals surface area contributed by atoms with Gasteiger partial charge in [-0.25, -0.2) is 0 Å². The van der Waals surface area contributed by atoms with Gasteiger partial charge in [0, 0.05) is 33.3 Å². The summed E-state index contributed by atoms with van der Waals surface area (Å²) < 4.78 is 12.2. The van der Waals surface area contributed by atoms with Crippen LogP contribution in [0.1, 0.15) is 46.5 Å². The van der Waals surface area contributed by atoms with E-state index in [1.165, 1.54) is 0 Å². The van der Waals surface area contributed by atoms with E-state index >= 15 is 0 Å². The van der Waals surface area contributed by atoms with Crippen molar-refractivity contribution in [3.8, 4) is 0 Å². The minimum absolute atomic E-state index is 0.0979. The second kappa shape index (κ2) is 9.70. The quantitative estimate of drug-likeness (QED) is 0.414. The van der Waals surface area contributed by atoms with Crippen molar-refractivity contribution in [1.29, 1.82) is 0 Å². The van der Waals surface area contributed by atoms with Crippen LogP contribution in [0.15, 0.2) is 66.7 Å². The van der Waals surface area contributed by atoms with Gasteiger partial charge >= 0.3 is 0 Å². The highest BCUT2D eigenvalue weighted by atomic mass is 35.5. The Bertz CT molecular complexity index is 1290. The highest BCUT2D eigenvalue weighted by Crippen LogP contribution is 2.48. The number of benzene rings is 3. The third-order valence-electron chi connectivity index (χ3n) is 7.18. The first-order valence-corrected chi connectivity index (χ1v) is 12.9. The van der Waals surface area contributed by atoms with E-state index in [1.54, 1.807) is 49.1 Å². The van der Waals surface area contributed by atoms with Gasteiger partial charge in [-0.1, -0.05) is 59.6 Å². The molecule has 1 saturated heterocycles. The molecule has 0 spiro atoms. The molecule has 0 bridgehead atoms. The van der Waals surface area contributed by atoms with Crippen molar-refractivity contribution < 1.29 is 24.5 Å². The largest absolute Gasteiger partial charge is 0.396 e. The molecule has 1 amide bonds. The summed E-state index contributed by atoms with van der Waals surface area (Å²) in [7, 11) is 0. The first-order valence-electron chi connectivity index (χ1n) is 12.1. The normalized spacial score (nSPS) is 20.6. The maximum Gasteiger partial charge on any atom is 0.257 e. The number of carbonyl (C=O) groups excluding carboxylic acids is 1. The van der Waals surface area contributed by atoms with E-state index < -0.39 is 16.7 Å². The zero-order valence-electron chi connectivity index (χ0n) is 20.7. The highest BCUT2D eigenvalue weighted by Gasteiger charge is 2.54. The lowest BCUT2D eigenvalue weighted by Crippen LogP contribution is -2.54. The van der Waals surface area contributed by atoms with Crippen LogP contribution in [0.4, 0.5) is 0 Å². The van der Waals surface area contributed by atoms with Gasteiger partial charge in [-0.2, -0.15) is 0 Å². The first kappa shape index (κ1) is 26.2. The molecular formula is C29H29Cl2NO5. The number of hydrogen-bond acceptors (Lipinski definition) is 5. The Morgan fingerprint density at radius 2 is 1.62 bits per heavy atom. The molecule has 2 aliphatic rings. The lowest BCUT2D eigenvalue weighted by Gasteiger charge is -2.45. The van der Waals surface area contributed by atoms with Gasteiger partial charge in [0.05, 0.1) is 37.4 Å². The van der Waals surface area contributed by atoms with Crippen LogP contribution in [-0.4, -0.2) is 47.4 Å². The van der Waals surface area contributed by atoms with Gasteiger partial charge in [0.1, 0.15) is 0 Å². The fraction of sp³-hybridized carbons (Fsp3) is 0.345. The molecule has 2 N–H and O–H groups in total. The number of nitrogens with zero attached hydrogens (tertiary/aromatic N) is 1. The molecule has 1 fully saturated rings. The lowest BCUT2D eigenvalue weighted by atomic mass is 9.86. The third kappa shape index (κ3) is 4.67. The molecule has 194 valence electrons. The number of rotatable bonds is 8. The van der Waals surface area contributed by atoms with Crippen molar-refractivity contribution in [2.45, 2.75) is 31.7 Å². The van der Waals surface area contributed by atoms with Crippen LogP contribution >= 0.6 is 23.2 Å². The molecule has 2 aliphatic heterocycles. The number of aliphatic hydroxyl groups excluding tert-OH is 1. The van der Waals surface area contributed by atoms with E-state index in [4.69, 9.17) is 32.7 Å². The molecule has 3 aromatic carbocycles. The number of halogens is 2. The molecule has 0 saturated carbocycles. The van der Waals surface area contributed by atoms with Crippen LogP contribution < -0.4 is 0 Å². The number of amides is 1. The summed E-state index contributed by atoms with van der Waals surface area (Å²) >= 11 is 12.4. The third-order valence-corrected chi connectivity index (χ3v) is 7.68. The van der Waals surface area contributed by atoms with Crippen molar-refractivity contribution in [3.63, 3.8) is 0 Å². The van der Waals surface area contributed by atoms with Crippen molar-refractivity contribution in [3.05, 3.63) is 105 Å². The lowest BCUT2D eigenvalue weighted by molar-refractivity contribution is -0.210. The number of carbonyl (C=O) groups is 1. The monoisotopic (exact) mass is 541 g/mol. The molecule has 0 unspecified atom stereocenters. The van der Waals surface area contributed by atoms with E-state index in [9.17, 15) is 15.0 Å². The molecule has 2 heterocycles. The van der Waals surface area contributed by atoms with Crippen LogP contribution in [0.25, 0.3) is 0 Å². The fourth-order valence-electron chi connectivity index (χ4n) is 4.88. The average molecular weight is 542 g/mol. The second-order valence-electron chi connectivity index (χ2n) is 10.4.